The van der Waals surface area contributed by atoms with Crippen molar-refractivity contribution in [1.82, 2.24) is 0 Å². The number of aliphatic imine (C=N–C) groups is 2. The third kappa shape index (κ3) is 3.18. The normalized spacial score (nSPS) is 10.0. The highest BCUT2D eigenvalue weighted by Crippen LogP contribution is 1.89. The maximum atomic E-state index is 8.16. The Morgan fingerprint density at radius 3 is 2.56 bits per heavy atom. The van der Waals surface area contributed by atoms with Gasteiger partial charge in [-0.2, -0.15) is 5.26 Å². The molecule has 0 rings (SSSR count). The summed E-state index contributed by atoms with van der Waals surface area (Å²) in [5.41, 5.74) is 0.153. The monoisotopic (exact) mass is 121 g/mol. The first-order valence-corrected chi connectivity index (χ1v) is 2.31. The van der Waals surface area contributed by atoms with Crippen molar-refractivity contribution in [2.75, 3.05) is 0 Å². The van der Waals surface area contributed by atoms with E-state index in [9.17, 15) is 0 Å². The second-order valence-electron chi connectivity index (χ2n) is 1.38. The van der Waals surface area contributed by atoms with Crippen LogP contribution in [0.3, 0.4) is 0 Å². The quantitative estimate of drug-likeness (QED) is 0.291. The molecule has 0 saturated carbocycles. The number of hydrogen-bond donors (Lipinski definition) is 0. The molecule has 0 aromatic heterocycles. The van der Waals surface area contributed by atoms with Crippen molar-refractivity contribution in [2.45, 2.75) is 6.92 Å². The van der Waals surface area contributed by atoms with Crippen LogP contribution in [0.25, 0.3) is 0 Å². The molecule has 0 atom stereocenters. The number of hydrogen-bond acceptors (Lipinski definition) is 2. The molecule has 0 heterocycles. The number of allylic oxidation sites excluding steroid dienone is 1. The van der Waals surface area contributed by atoms with E-state index in [1.54, 1.807) is 13.0 Å². The summed E-state index contributed by atoms with van der Waals surface area (Å²) in [7, 11) is 0. The lowest BCUT2D eigenvalue weighted by atomic mass is 10.5. The molecule has 0 fully saturated rings. The van der Waals surface area contributed by atoms with Gasteiger partial charge in [-0.1, -0.05) is 6.58 Å². The maximum Gasteiger partial charge on any atom is 0.135 e. The zero-order valence-corrected chi connectivity index (χ0v) is 5.26. The van der Waals surface area contributed by atoms with E-state index in [1.165, 1.54) is 0 Å². The lowest BCUT2D eigenvalue weighted by molar-refractivity contribution is 1.36. The average Bonchev–Trinajstić information content (AvgIpc) is 1.87. The fourth-order valence-electron chi connectivity index (χ4n) is 0.256. The van der Waals surface area contributed by atoms with Crippen molar-refractivity contribution in [3.63, 3.8) is 0 Å². The summed E-state index contributed by atoms with van der Waals surface area (Å²) in [6.07, 6.45) is 0. The van der Waals surface area contributed by atoms with Crippen molar-refractivity contribution in [2.24, 2.45) is 9.98 Å². The van der Waals surface area contributed by atoms with Crippen LogP contribution in [0, 0.1) is 11.3 Å². The third-order valence-electron chi connectivity index (χ3n) is 0.655. The van der Waals surface area contributed by atoms with Crippen molar-refractivity contribution < 1.29 is 0 Å². The second kappa shape index (κ2) is 3.56. The molecular weight excluding hydrogens is 114 g/mol. The molecule has 0 aliphatic heterocycles. The molecule has 0 bridgehead atoms. The highest BCUT2D eigenvalue weighted by molar-refractivity contribution is 5.84. The zero-order valence-electron chi connectivity index (χ0n) is 5.26. The fraction of sp³-hybridized carbons (Fsp3) is 0.167. The van der Waals surface area contributed by atoms with E-state index in [4.69, 9.17) is 5.26 Å². The third-order valence-corrected chi connectivity index (χ3v) is 0.655. The Kier molecular flexibility index (Phi) is 2.99. The van der Waals surface area contributed by atoms with Crippen LogP contribution in [0.4, 0.5) is 0 Å². The van der Waals surface area contributed by atoms with Gasteiger partial charge in [0, 0.05) is 0 Å². The topological polar surface area (TPSA) is 48.5 Å². The van der Waals surface area contributed by atoms with E-state index in [0.29, 0.717) is 5.84 Å². The van der Waals surface area contributed by atoms with Gasteiger partial charge in [0.15, 0.2) is 0 Å². The molecule has 0 amide bonds. The molecule has 0 unspecified atom stereocenters. The minimum Gasteiger partial charge on any atom is -0.249 e. The molecule has 3 nitrogen and oxygen atoms in total. The molecule has 0 aromatic carbocycles. The van der Waals surface area contributed by atoms with E-state index in [2.05, 4.69) is 23.3 Å². The van der Waals surface area contributed by atoms with E-state index < -0.39 is 0 Å². The van der Waals surface area contributed by atoms with Crippen LogP contribution in [0.2, 0.25) is 0 Å². The highest BCUT2D eigenvalue weighted by Gasteiger charge is 1.84. The van der Waals surface area contributed by atoms with Crippen molar-refractivity contribution in [3.05, 3.63) is 12.3 Å². The summed E-state index contributed by atoms with van der Waals surface area (Å²) in [6.45, 7) is 8.19. The minimum absolute atomic E-state index is 0.153. The molecule has 9 heavy (non-hydrogen) atoms. The molecular formula is C6H7N3. The fourth-order valence-corrected chi connectivity index (χ4v) is 0.256. The van der Waals surface area contributed by atoms with E-state index in [-0.39, 0.29) is 5.70 Å². The van der Waals surface area contributed by atoms with Crippen molar-refractivity contribution in [1.29, 1.82) is 5.26 Å². The van der Waals surface area contributed by atoms with Crippen LogP contribution in [0.5, 0.6) is 0 Å². The summed E-state index contributed by atoms with van der Waals surface area (Å²) >= 11 is 0. The molecule has 0 radical (unpaired) electrons. The van der Waals surface area contributed by atoms with Crippen LogP contribution in [0.15, 0.2) is 22.3 Å². The van der Waals surface area contributed by atoms with Gasteiger partial charge >= 0.3 is 0 Å². The molecule has 0 aliphatic carbocycles. The molecule has 0 aromatic rings. The van der Waals surface area contributed by atoms with Gasteiger partial charge in [-0.25, -0.2) is 9.98 Å². The smallest absolute Gasteiger partial charge is 0.135 e. The molecule has 3 heteroatoms. The highest BCUT2D eigenvalue weighted by atomic mass is 14.9. The summed E-state index contributed by atoms with van der Waals surface area (Å²) in [5, 5.41) is 8.16. The van der Waals surface area contributed by atoms with Gasteiger partial charge in [-0.15, -0.1) is 0 Å². The largest absolute Gasteiger partial charge is 0.249 e. The summed E-state index contributed by atoms with van der Waals surface area (Å²) in [6, 6.07) is 1.76. The summed E-state index contributed by atoms with van der Waals surface area (Å²) < 4.78 is 0. The zero-order chi connectivity index (χ0) is 7.28. The van der Waals surface area contributed by atoms with E-state index in [0.717, 1.165) is 0 Å². The van der Waals surface area contributed by atoms with Gasteiger partial charge in [0.1, 0.15) is 17.6 Å². The lowest BCUT2D eigenvalue weighted by Crippen LogP contribution is -1.82. The Bertz CT molecular complexity index is 195. The molecule has 0 saturated heterocycles. The number of nitrogens with zero attached hydrogens (tertiary/aromatic N) is 3. The lowest BCUT2D eigenvalue weighted by Gasteiger charge is -1.85. The van der Waals surface area contributed by atoms with Gasteiger partial charge in [0.2, 0.25) is 0 Å². The standard InChI is InChI=1S/C6H7N3/c1-5(4-7)9-6(2)8-3/h1,3H2,2H3. The Morgan fingerprint density at radius 1 is 1.67 bits per heavy atom. The Morgan fingerprint density at radius 2 is 2.22 bits per heavy atom. The van der Waals surface area contributed by atoms with Crippen LogP contribution >= 0.6 is 0 Å². The molecule has 0 aliphatic rings. The van der Waals surface area contributed by atoms with Gasteiger partial charge in [0.25, 0.3) is 0 Å². The van der Waals surface area contributed by atoms with Gasteiger partial charge < -0.3 is 0 Å². The van der Waals surface area contributed by atoms with Crippen LogP contribution in [0.1, 0.15) is 6.92 Å². The first kappa shape index (κ1) is 7.57. The number of amidine groups is 1. The number of rotatable bonds is 1. The summed E-state index contributed by atoms with van der Waals surface area (Å²) in [4.78, 5) is 7.11. The van der Waals surface area contributed by atoms with Gasteiger partial charge in [-0.3, -0.25) is 0 Å². The maximum absolute atomic E-state index is 8.16. The Balaban J connectivity index is 4.16. The van der Waals surface area contributed by atoms with E-state index >= 15 is 0 Å². The Labute approximate surface area is 54.1 Å². The van der Waals surface area contributed by atoms with Crippen molar-refractivity contribution >= 4 is 12.6 Å². The van der Waals surface area contributed by atoms with Gasteiger partial charge in [0.05, 0.1) is 0 Å². The average molecular weight is 121 g/mol. The molecule has 46 valence electrons. The number of nitriles is 1. The first-order chi connectivity index (χ1) is 4.20. The predicted octanol–water partition coefficient (Wildman–Crippen LogP) is 1.14. The first-order valence-electron chi connectivity index (χ1n) is 2.31. The Hall–Kier alpha value is -1.43. The summed E-state index contributed by atoms with van der Waals surface area (Å²) in [5.74, 6) is 0.460. The van der Waals surface area contributed by atoms with E-state index in [1.807, 2.05) is 0 Å². The van der Waals surface area contributed by atoms with Crippen LogP contribution in [-0.2, 0) is 0 Å². The van der Waals surface area contributed by atoms with Crippen LogP contribution in [-0.4, -0.2) is 12.6 Å². The van der Waals surface area contributed by atoms with Crippen LogP contribution < -0.4 is 0 Å². The minimum atomic E-state index is 0.153. The second-order valence-corrected chi connectivity index (χ2v) is 1.38. The SMILES string of the molecule is C=NC(C)=NC(=C)C#N. The molecule has 0 N–H and O–H groups in total. The molecule has 0 spiro atoms. The van der Waals surface area contributed by atoms with Gasteiger partial charge in [-0.05, 0) is 13.6 Å². The van der Waals surface area contributed by atoms with Crippen molar-refractivity contribution in [3.8, 4) is 6.07 Å². The predicted molar refractivity (Wildman–Crippen MR) is 37.4 cm³/mol.